The fraction of sp³-hybridized carbons (Fsp3) is 0.611. The normalized spacial score (nSPS) is 11.1. The third-order valence-corrected chi connectivity index (χ3v) is 3.62. The van der Waals surface area contributed by atoms with Gasteiger partial charge in [0.05, 0.1) is 44.9 Å². The van der Waals surface area contributed by atoms with Crippen LogP contribution in [-0.4, -0.2) is 73.9 Å². The van der Waals surface area contributed by atoms with Crippen molar-refractivity contribution >= 4 is 17.3 Å². The molecule has 2 heterocycles. The highest BCUT2D eigenvalue weighted by molar-refractivity contribution is 5.90. The van der Waals surface area contributed by atoms with Crippen LogP contribution < -0.4 is 5.32 Å². The lowest BCUT2D eigenvalue weighted by Gasteiger charge is -2.09. The van der Waals surface area contributed by atoms with E-state index < -0.39 is 5.97 Å². The molecule has 0 atom stereocenters. The van der Waals surface area contributed by atoms with Gasteiger partial charge in [0.15, 0.2) is 11.5 Å². The molecule has 0 saturated heterocycles. The standard InChI is InChI=1S/C18H28N4O5/c1-4-27-18(23)15-12-16-17(20-14(2)13-22(16)21-15)19-6-5-7-25-10-11-26-9-8-24-3/h12-13H,4-11H2,1-3H3,(H,19,20). The van der Waals surface area contributed by atoms with E-state index in [1.54, 1.807) is 30.8 Å². The van der Waals surface area contributed by atoms with E-state index in [9.17, 15) is 4.79 Å². The van der Waals surface area contributed by atoms with Crippen molar-refractivity contribution in [1.29, 1.82) is 0 Å². The first kappa shape index (κ1) is 21.1. The number of fused-ring (bicyclic) bond motifs is 1. The van der Waals surface area contributed by atoms with Crippen LogP contribution in [0.15, 0.2) is 12.3 Å². The van der Waals surface area contributed by atoms with Gasteiger partial charge in [-0.3, -0.25) is 0 Å². The van der Waals surface area contributed by atoms with Gasteiger partial charge in [-0.1, -0.05) is 0 Å². The first-order valence-electron chi connectivity index (χ1n) is 9.08. The lowest BCUT2D eigenvalue weighted by molar-refractivity contribution is 0.0248. The van der Waals surface area contributed by atoms with E-state index in [4.69, 9.17) is 18.9 Å². The predicted octanol–water partition coefficient (Wildman–Crippen LogP) is 1.70. The van der Waals surface area contributed by atoms with Crippen LogP contribution in [-0.2, 0) is 18.9 Å². The van der Waals surface area contributed by atoms with E-state index >= 15 is 0 Å². The second kappa shape index (κ2) is 11.5. The zero-order valence-electron chi connectivity index (χ0n) is 16.2. The molecule has 0 saturated carbocycles. The Bertz CT molecular complexity index is 719. The van der Waals surface area contributed by atoms with Crippen LogP contribution in [0.25, 0.3) is 5.52 Å². The molecule has 150 valence electrons. The highest BCUT2D eigenvalue weighted by atomic mass is 16.5. The molecule has 2 aromatic rings. The lowest BCUT2D eigenvalue weighted by atomic mass is 10.3. The zero-order valence-corrected chi connectivity index (χ0v) is 16.2. The topological polar surface area (TPSA) is 96.2 Å². The SMILES string of the molecule is CCOC(=O)c1cc2c(NCCCOCCOCCOC)nc(C)cn2n1. The highest BCUT2D eigenvalue weighted by Gasteiger charge is 2.15. The molecular formula is C18H28N4O5. The molecule has 0 bridgehead atoms. The summed E-state index contributed by atoms with van der Waals surface area (Å²) in [6.07, 6.45) is 2.59. The van der Waals surface area contributed by atoms with Crippen molar-refractivity contribution in [2.75, 3.05) is 58.6 Å². The Hall–Kier alpha value is -2.23. The summed E-state index contributed by atoms with van der Waals surface area (Å²) >= 11 is 0. The van der Waals surface area contributed by atoms with E-state index in [-0.39, 0.29) is 5.69 Å². The van der Waals surface area contributed by atoms with Crippen molar-refractivity contribution < 1.29 is 23.7 Å². The Kier molecular flexibility index (Phi) is 8.96. The molecule has 0 aliphatic rings. The molecule has 9 heteroatoms. The number of anilines is 1. The van der Waals surface area contributed by atoms with Gasteiger partial charge in [-0.05, 0) is 20.3 Å². The molecule has 0 unspecified atom stereocenters. The van der Waals surface area contributed by atoms with Crippen LogP contribution in [0, 0.1) is 6.92 Å². The number of esters is 1. The number of carbonyl (C=O) groups is 1. The predicted molar refractivity (Wildman–Crippen MR) is 100 cm³/mol. The summed E-state index contributed by atoms with van der Waals surface area (Å²) in [5, 5.41) is 7.55. The smallest absolute Gasteiger partial charge is 0.358 e. The number of aryl methyl sites for hydroxylation is 1. The van der Waals surface area contributed by atoms with E-state index in [1.807, 2.05) is 6.92 Å². The van der Waals surface area contributed by atoms with Crippen LogP contribution in [0.3, 0.4) is 0 Å². The minimum atomic E-state index is -0.439. The molecule has 0 aliphatic heterocycles. The first-order chi connectivity index (χ1) is 13.2. The molecule has 0 radical (unpaired) electrons. The van der Waals surface area contributed by atoms with Gasteiger partial charge in [0, 0.05) is 26.3 Å². The van der Waals surface area contributed by atoms with Crippen molar-refractivity contribution in [3.63, 3.8) is 0 Å². The Labute approximate surface area is 159 Å². The second-order valence-corrected chi connectivity index (χ2v) is 5.81. The highest BCUT2D eigenvalue weighted by Crippen LogP contribution is 2.17. The molecule has 2 rings (SSSR count). The Morgan fingerprint density at radius 2 is 1.93 bits per heavy atom. The number of aromatic nitrogens is 3. The van der Waals surface area contributed by atoms with Crippen LogP contribution in [0.5, 0.6) is 0 Å². The quantitative estimate of drug-likeness (QED) is 0.414. The molecule has 0 amide bonds. The molecule has 0 aliphatic carbocycles. The number of rotatable bonds is 13. The van der Waals surface area contributed by atoms with Gasteiger partial charge in [0.2, 0.25) is 0 Å². The van der Waals surface area contributed by atoms with Gasteiger partial charge in [-0.15, -0.1) is 0 Å². The first-order valence-corrected chi connectivity index (χ1v) is 9.08. The summed E-state index contributed by atoms with van der Waals surface area (Å²) < 4.78 is 22.4. The second-order valence-electron chi connectivity index (χ2n) is 5.81. The van der Waals surface area contributed by atoms with Gasteiger partial charge < -0.3 is 24.3 Å². The van der Waals surface area contributed by atoms with Crippen LogP contribution in [0.4, 0.5) is 5.82 Å². The molecule has 0 aromatic carbocycles. The van der Waals surface area contributed by atoms with Crippen LogP contribution in [0.1, 0.15) is 29.5 Å². The van der Waals surface area contributed by atoms with E-state index in [0.29, 0.717) is 52.0 Å². The van der Waals surface area contributed by atoms with Gasteiger partial charge in [-0.2, -0.15) is 5.10 Å². The van der Waals surface area contributed by atoms with Crippen LogP contribution >= 0.6 is 0 Å². The van der Waals surface area contributed by atoms with Gasteiger partial charge >= 0.3 is 5.97 Å². The Morgan fingerprint density at radius 3 is 2.67 bits per heavy atom. The molecule has 1 N–H and O–H groups in total. The molecule has 9 nitrogen and oxygen atoms in total. The largest absolute Gasteiger partial charge is 0.461 e. The van der Waals surface area contributed by atoms with Crippen molar-refractivity contribution in [3.05, 3.63) is 23.7 Å². The van der Waals surface area contributed by atoms with Crippen LogP contribution in [0.2, 0.25) is 0 Å². The van der Waals surface area contributed by atoms with Crippen molar-refractivity contribution in [2.24, 2.45) is 0 Å². The number of nitrogens with one attached hydrogen (secondary N) is 1. The molecule has 2 aromatic heterocycles. The van der Waals surface area contributed by atoms with Crippen molar-refractivity contribution in [3.8, 4) is 0 Å². The number of hydrogen-bond donors (Lipinski definition) is 1. The fourth-order valence-corrected chi connectivity index (χ4v) is 2.39. The number of ether oxygens (including phenoxy) is 4. The molecule has 0 fully saturated rings. The number of hydrogen-bond acceptors (Lipinski definition) is 8. The summed E-state index contributed by atoms with van der Waals surface area (Å²) in [6, 6.07) is 1.68. The van der Waals surface area contributed by atoms with E-state index in [0.717, 1.165) is 17.6 Å². The monoisotopic (exact) mass is 380 g/mol. The van der Waals surface area contributed by atoms with E-state index in [2.05, 4.69) is 15.4 Å². The minimum absolute atomic E-state index is 0.268. The van der Waals surface area contributed by atoms with Gasteiger partial charge in [-0.25, -0.2) is 14.3 Å². The summed E-state index contributed by atoms with van der Waals surface area (Å²) in [4.78, 5) is 16.4. The summed E-state index contributed by atoms with van der Waals surface area (Å²) in [5.74, 6) is 0.242. The fourth-order valence-electron chi connectivity index (χ4n) is 2.39. The maximum absolute atomic E-state index is 11.9. The van der Waals surface area contributed by atoms with Gasteiger partial charge in [0.25, 0.3) is 0 Å². The molecular weight excluding hydrogens is 352 g/mol. The Morgan fingerprint density at radius 1 is 1.19 bits per heavy atom. The summed E-state index contributed by atoms with van der Waals surface area (Å²) in [6.45, 7) is 7.55. The maximum atomic E-state index is 11.9. The van der Waals surface area contributed by atoms with Gasteiger partial charge in [0.1, 0.15) is 5.52 Å². The maximum Gasteiger partial charge on any atom is 0.358 e. The van der Waals surface area contributed by atoms with Crippen molar-refractivity contribution in [1.82, 2.24) is 14.6 Å². The van der Waals surface area contributed by atoms with E-state index in [1.165, 1.54) is 0 Å². The van der Waals surface area contributed by atoms with Crippen molar-refractivity contribution in [2.45, 2.75) is 20.3 Å². The third-order valence-electron chi connectivity index (χ3n) is 3.62. The third kappa shape index (κ3) is 6.78. The number of carbonyl (C=O) groups excluding carboxylic acids is 1. The zero-order chi connectivity index (χ0) is 19.5. The number of methoxy groups -OCH3 is 1. The average molecular weight is 380 g/mol. The number of nitrogens with zero attached hydrogens (tertiary/aromatic N) is 3. The Balaban J connectivity index is 1.79. The lowest BCUT2D eigenvalue weighted by Crippen LogP contribution is -2.12. The molecule has 0 spiro atoms. The minimum Gasteiger partial charge on any atom is -0.461 e. The summed E-state index contributed by atoms with van der Waals surface area (Å²) in [7, 11) is 1.64. The summed E-state index contributed by atoms with van der Waals surface area (Å²) in [5.41, 5.74) is 1.80. The average Bonchev–Trinajstić information content (AvgIpc) is 3.07. The molecule has 27 heavy (non-hydrogen) atoms.